The highest BCUT2D eigenvalue weighted by atomic mass is 19.1. The van der Waals surface area contributed by atoms with Gasteiger partial charge in [0, 0.05) is 24.2 Å². The molecule has 0 unspecified atom stereocenters. The molecule has 1 aliphatic heterocycles. The lowest BCUT2D eigenvalue weighted by atomic mass is 10.1. The number of unbranched alkanes of at least 4 members (excludes halogenated alkanes) is 1. The fraction of sp³-hybridized carbons (Fsp3) is 0.292. The van der Waals surface area contributed by atoms with Crippen molar-refractivity contribution < 1.29 is 28.3 Å². The van der Waals surface area contributed by atoms with Gasteiger partial charge < -0.3 is 15.4 Å². The molecule has 0 radical (unpaired) electrons. The van der Waals surface area contributed by atoms with E-state index in [9.17, 15) is 23.6 Å². The molecule has 0 saturated heterocycles. The highest BCUT2D eigenvalue weighted by Gasteiger charge is 2.26. The van der Waals surface area contributed by atoms with Crippen molar-refractivity contribution in [3.8, 4) is 0 Å². The van der Waals surface area contributed by atoms with Crippen LogP contribution in [0.3, 0.4) is 0 Å². The fourth-order valence-electron chi connectivity index (χ4n) is 3.04. The second kappa shape index (κ2) is 11.7. The van der Waals surface area contributed by atoms with E-state index in [1.807, 2.05) is 6.92 Å². The number of nitrogens with zero attached hydrogens (tertiary/aromatic N) is 2. The summed E-state index contributed by atoms with van der Waals surface area (Å²) >= 11 is 0. The number of nitrogens with one attached hydrogen (secondary N) is 2. The summed E-state index contributed by atoms with van der Waals surface area (Å²) in [4.78, 5) is 49.0. The zero-order valence-corrected chi connectivity index (χ0v) is 18.7. The molecule has 2 N–H and O–H groups in total. The zero-order chi connectivity index (χ0) is 24.5. The van der Waals surface area contributed by atoms with Crippen LogP contribution in [0.4, 0.5) is 15.8 Å². The standard InChI is InChI=1S/C24H25FN4O5/c1-2-3-14-34-24(33)16-4-8-18(9-5-16)26-21(30)15-29-22(31)13-12-20(28-29)23(32)27-19-10-6-17(25)7-11-19/h4-11H,2-3,12-15H2,1H3,(H,26,30)(H,27,32). The van der Waals surface area contributed by atoms with Gasteiger partial charge in [0.25, 0.3) is 5.91 Å². The number of carbonyl (C=O) groups is 4. The quantitative estimate of drug-likeness (QED) is 0.432. The van der Waals surface area contributed by atoms with Crippen molar-refractivity contribution in [2.45, 2.75) is 32.6 Å². The van der Waals surface area contributed by atoms with Gasteiger partial charge in [0.1, 0.15) is 18.1 Å². The molecule has 0 spiro atoms. The summed E-state index contributed by atoms with van der Waals surface area (Å²) in [5, 5.41) is 10.2. The van der Waals surface area contributed by atoms with Crippen molar-refractivity contribution >= 4 is 40.8 Å². The van der Waals surface area contributed by atoms with Crippen molar-refractivity contribution in [3.05, 3.63) is 59.9 Å². The lowest BCUT2D eigenvalue weighted by Crippen LogP contribution is -2.40. The Morgan fingerprint density at radius 3 is 2.32 bits per heavy atom. The molecule has 2 aromatic rings. The topological polar surface area (TPSA) is 117 Å². The van der Waals surface area contributed by atoms with E-state index in [-0.39, 0.29) is 25.1 Å². The Labute approximate surface area is 196 Å². The maximum atomic E-state index is 13.0. The SMILES string of the molecule is CCCCOC(=O)c1ccc(NC(=O)CN2N=C(C(=O)Nc3ccc(F)cc3)CCC2=O)cc1. The van der Waals surface area contributed by atoms with Crippen LogP contribution >= 0.6 is 0 Å². The monoisotopic (exact) mass is 468 g/mol. The number of esters is 1. The molecule has 0 atom stereocenters. The molecule has 9 nitrogen and oxygen atoms in total. The predicted molar refractivity (Wildman–Crippen MR) is 124 cm³/mol. The van der Waals surface area contributed by atoms with Gasteiger partial charge >= 0.3 is 5.97 Å². The van der Waals surface area contributed by atoms with E-state index < -0.39 is 29.5 Å². The smallest absolute Gasteiger partial charge is 0.338 e. The Morgan fingerprint density at radius 1 is 1.00 bits per heavy atom. The maximum Gasteiger partial charge on any atom is 0.338 e. The number of benzene rings is 2. The van der Waals surface area contributed by atoms with Gasteiger partial charge in [-0.25, -0.2) is 14.2 Å². The van der Waals surface area contributed by atoms with Crippen molar-refractivity contribution in [2.24, 2.45) is 5.10 Å². The highest BCUT2D eigenvalue weighted by molar-refractivity contribution is 6.43. The first kappa shape index (κ1) is 24.6. The molecule has 10 heteroatoms. The molecule has 1 aliphatic rings. The number of carbonyl (C=O) groups excluding carboxylic acids is 4. The Hall–Kier alpha value is -4.08. The van der Waals surface area contributed by atoms with E-state index in [4.69, 9.17) is 4.74 Å². The maximum absolute atomic E-state index is 13.0. The number of hydrogen-bond acceptors (Lipinski definition) is 6. The van der Waals surface area contributed by atoms with Crippen LogP contribution in [0.1, 0.15) is 43.0 Å². The third-order valence-corrected chi connectivity index (χ3v) is 4.90. The molecule has 34 heavy (non-hydrogen) atoms. The molecular weight excluding hydrogens is 443 g/mol. The molecule has 2 aromatic carbocycles. The van der Waals surface area contributed by atoms with Gasteiger partial charge in [-0.3, -0.25) is 14.4 Å². The fourth-order valence-corrected chi connectivity index (χ4v) is 3.04. The molecule has 0 bridgehead atoms. The first-order valence-electron chi connectivity index (χ1n) is 10.9. The number of ether oxygens (including phenoxy) is 1. The predicted octanol–water partition coefficient (Wildman–Crippen LogP) is 3.34. The van der Waals surface area contributed by atoms with Crippen LogP contribution in [0.15, 0.2) is 53.6 Å². The van der Waals surface area contributed by atoms with Crippen molar-refractivity contribution in [1.29, 1.82) is 0 Å². The largest absolute Gasteiger partial charge is 0.462 e. The normalized spacial score (nSPS) is 13.2. The van der Waals surface area contributed by atoms with E-state index in [2.05, 4.69) is 15.7 Å². The average Bonchev–Trinajstić information content (AvgIpc) is 2.82. The Kier molecular flexibility index (Phi) is 8.44. The first-order chi connectivity index (χ1) is 16.4. The molecule has 3 amide bonds. The summed E-state index contributed by atoms with van der Waals surface area (Å²) in [6.07, 6.45) is 1.85. The van der Waals surface area contributed by atoms with Gasteiger partial charge in [-0.05, 0) is 55.0 Å². The van der Waals surface area contributed by atoms with Crippen LogP contribution in [0.25, 0.3) is 0 Å². The minimum absolute atomic E-state index is 0.0256. The number of rotatable bonds is 9. The van der Waals surface area contributed by atoms with Crippen LogP contribution in [0.2, 0.25) is 0 Å². The summed E-state index contributed by atoms with van der Waals surface area (Å²) in [5.74, 6) is -2.32. The molecule has 0 aliphatic carbocycles. The summed E-state index contributed by atoms with van der Waals surface area (Å²) in [5.41, 5.74) is 1.26. The Morgan fingerprint density at radius 2 is 1.65 bits per heavy atom. The van der Waals surface area contributed by atoms with Gasteiger partial charge in [0.05, 0.1) is 12.2 Å². The van der Waals surface area contributed by atoms with Crippen molar-refractivity contribution in [2.75, 3.05) is 23.8 Å². The van der Waals surface area contributed by atoms with Crippen LogP contribution in [0.5, 0.6) is 0 Å². The van der Waals surface area contributed by atoms with E-state index >= 15 is 0 Å². The van der Waals surface area contributed by atoms with Gasteiger partial charge in [0.2, 0.25) is 11.8 Å². The van der Waals surface area contributed by atoms with Gasteiger partial charge in [0.15, 0.2) is 0 Å². The molecule has 0 saturated carbocycles. The highest BCUT2D eigenvalue weighted by Crippen LogP contribution is 2.14. The minimum Gasteiger partial charge on any atom is -0.462 e. The van der Waals surface area contributed by atoms with E-state index in [1.54, 1.807) is 12.1 Å². The summed E-state index contributed by atoms with van der Waals surface area (Å²) in [6, 6.07) is 11.4. The third kappa shape index (κ3) is 6.96. The summed E-state index contributed by atoms with van der Waals surface area (Å²) in [6.45, 7) is 1.97. The lowest BCUT2D eigenvalue weighted by molar-refractivity contribution is -0.135. The number of amides is 3. The minimum atomic E-state index is -0.536. The summed E-state index contributed by atoms with van der Waals surface area (Å²) in [7, 11) is 0. The number of hydrazone groups is 1. The van der Waals surface area contributed by atoms with Crippen LogP contribution in [-0.4, -0.2) is 47.6 Å². The molecule has 0 fully saturated rings. The van der Waals surface area contributed by atoms with Crippen LogP contribution in [0, 0.1) is 5.82 Å². The third-order valence-electron chi connectivity index (χ3n) is 4.90. The van der Waals surface area contributed by atoms with Gasteiger partial charge in [-0.15, -0.1) is 0 Å². The van der Waals surface area contributed by atoms with Crippen molar-refractivity contribution in [3.63, 3.8) is 0 Å². The lowest BCUT2D eigenvalue weighted by Gasteiger charge is -2.22. The van der Waals surface area contributed by atoms with E-state index in [0.717, 1.165) is 17.9 Å². The molecule has 1 heterocycles. The molecule has 178 valence electrons. The van der Waals surface area contributed by atoms with E-state index in [1.165, 1.54) is 36.4 Å². The summed E-state index contributed by atoms with van der Waals surface area (Å²) < 4.78 is 18.2. The van der Waals surface area contributed by atoms with Gasteiger partial charge in [-0.1, -0.05) is 13.3 Å². The van der Waals surface area contributed by atoms with Crippen LogP contribution < -0.4 is 10.6 Å². The van der Waals surface area contributed by atoms with E-state index in [0.29, 0.717) is 23.5 Å². The number of anilines is 2. The second-order valence-electron chi connectivity index (χ2n) is 7.57. The number of halogens is 1. The number of hydrogen-bond donors (Lipinski definition) is 2. The van der Waals surface area contributed by atoms with Gasteiger partial charge in [-0.2, -0.15) is 5.10 Å². The second-order valence-corrected chi connectivity index (χ2v) is 7.57. The first-order valence-corrected chi connectivity index (χ1v) is 10.9. The Bertz CT molecular complexity index is 1080. The average molecular weight is 468 g/mol. The molecular formula is C24H25FN4O5. The zero-order valence-electron chi connectivity index (χ0n) is 18.7. The van der Waals surface area contributed by atoms with Crippen molar-refractivity contribution in [1.82, 2.24) is 5.01 Å². The Balaban J connectivity index is 1.56. The molecule has 0 aromatic heterocycles. The van der Waals surface area contributed by atoms with Crippen LogP contribution in [-0.2, 0) is 19.1 Å². The molecule has 3 rings (SSSR count).